The average molecular weight is 593 g/mol. The molecule has 1 amide bonds. The molecule has 1 heterocycles. The molecule has 0 radical (unpaired) electrons. The molecule has 2 aromatic carbocycles. The third-order valence-corrected chi connectivity index (χ3v) is 7.50. The summed E-state index contributed by atoms with van der Waals surface area (Å²) in [6, 6.07) is 16.8. The molecule has 0 aliphatic rings. The molecule has 0 fully saturated rings. The number of benzene rings is 2. The van der Waals surface area contributed by atoms with Gasteiger partial charge in [-0.1, -0.05) is 49.4 Å². The van der Waals surface area contributed by atoms with Crippen molar-refractivity contribution in [2.75, 3.05) is 20.8 Å². The van der Waals surface area contributed by atoms with E-state index in [0.29, 0.717) is 13.0 Å². The minimum absolute atomic E-state index is 0.103. The molecular weight excluding hydrogens is 548 g/mol. The lowest BCUT2D eigenvalue weighted by Crippen LogP contribution is -2.46. The Kier molecular flexibility index (Phi) is 11.9. The van der Waals surface area contributed by atoms with Gasteiger partial charge in [-0.05, 0) is 63.3 Å². The number of amides is 1. The van der Waals surface area contributed by atoms with Crippen molar-refractivity contribution >= 4 is 11.9 Å². The number of nitrogens with zero attached hydrogens (tertiary/aromatic N) is 1. The molecule has 0 aliphatic heterocycles. The number of hydrogen-bond acceptors (Lipinski definition) is 8. The van der Waals surface area contributed by atoms with Gasteiger partial charge < -0.3 is 29.4 Å². The van der Waals surface area contributed by atoms with Gasteiger partial charge in [0.1, 0.15) is 17.9 Å². The summed E-state index contributed by atoms with van der Waals surface area (Å²) in [5.41, 5.74) is 2.43. The zero-order valence-corrected chi connectivity index (χ0v) is 26.2. The standard InChI is InChI=1S/C34H44N2O7/c1-8-18-42-34(4,5)27(21-25-14-15-28(40-6)26(20-25)19-24-12-10-9-11-13-24)23(3)43-33(39)22(2)36-32(38)30-31(37)29(41-7)16-17-35-30/h9-17,20,22-23,27,37H,8,18-19,21H2,1-7H3,(H,36,38)/t22-,23-,27-/m0/s1. The van der Waals surface area contributed by atoms with Crippen LogP contribution in [-0.4, -0.2) is 60.5 Å². The maximum atomic E-state index is 13.2. The number of ether oxygens (including phenoxy) is 4. The number of aromatic hydroxyl groups is 1. The van der Waals surface area contributed by atoms with Gasteiger partial charge >= 0.3 is 5.97 Å². The van der Waals surface area contributed by atoms with Crippen LogP contribution in [0.3, 0.4) is 0 Å². The smallest absolute Gasteiger partial charge is 0.328 e. The Morgan fingerprint density at radius 3 is 2.33 bits per heavy atom. The van der Waals surface area contributed by atoms with Gasteiger partial charge in [-0.2, -0.15) is 0 Å². The number of aromatic nitrogens is 1. The summed E-state index contributed by atoms with van der Waals surface area (Å²) in [5.74, 6) is -1.04. The molecule has 0 bridgehead atoms. The first-order chi connectivity index (χ1) is 20.5. The predicted octanol–water partition coefficient (Wildman–Crippen LogP) is 5.51. The van der Waals surface area contributed by atoms with Crippen LogP contribution in [0, 0.1) is 5.92 Å². The predicted molar refractivity (Wildman–Crippen MR) is 165 cm³/mol. The fourth-order valence-corrected chi connectivity index (χ4v) is 5.07. The highest BCUT2D eigenvalue weighted by atomic mass is 16.5. The van der Waals surface area contributed by atoms with Crippen molar-refractivity contribution in [2.24, 2.45) is 5.92 Å². The van der Waals surface area contributed by atoms with E-state index >= 15 is 0 Å². The van der Waals surface area contributed by atoms with Crippen LogP contribution in [0.5, 0.6) is 17.2 Å². The number of rotatable bonds is 15. The normalized spacial score (nSPS) is 13.5. The first-order valence-corrected chi connectivity index (χ1v) is 14.6. The average Bonchev–Trinajstić information content (AvgIpc) is 2.99. The third kappa shape index (κ3) is 8.94. The molecule has 9 heteroatoms. The Labute approximate surface area is 254 Å². The van der Waals surface area contributed by atoms with E-state index in [0.717, 1.165) is 29.7 Å². The summed E-state index contributed by atoms with van der Waals surface area (Å²) in [7, 11) is 3.04. The van der Waals surface area contributed by atoms with Crippen LogP contribution in [0.25, 0.3) is 0 Å². The van der Waals surface area contributed by atoms with Crippen LogP contribution < -0.4 is 14.8 Å². The Morgan fingerprint density at radius 2 is 1.67 bits per heavy atom. The highest BCUT2D eigenvalue weighted by Crippen LogP contribution is 2.33. The van der Waals surface area contributed by atoms with Gasteiger partial charge in [0, 0.05) is 31.2 Å². The van der Waals surface area contributed by atoms with Gasteiger partial charge in [0.25, 0.3) is 5.91 Å². The first kappa shape index (κ1) is 33.4. The molecule has 0 saturated heterocycles. The van der Waals surface area contributed by atoms with Gasteiger partial charge in [-0.15, -0.1) is 0 Å². The summed E-state index contributed by atoms with van der Waals surface area (Å²) < 4.78 is 22.9. The Morgan fingerprint density at radius 1 is 0.977 bits per heavy atom. The highest BCUT2D eigenvalue weighted by Gasteiger charge is 2.37. The SMILES string of the molecule is CCCOC(C)(C)[C@@H](Cc1ccc(OC)c(Cc2ccccc2)c1)[C@H](C)OC(=O)[C@H](C)NC(=O)c1nccc(OC)c1O. The van der Waals surface area contributed by atoms with E-state index in [-0.39, 0.29) is 17.4 Å². The molecule has 0 unspecified atom stereocenters. The van der Waals surface area contributed by atoms with Crippen molar-refractivity contribution in [3.8, 4) is 17.2 Å². The molecule has 3 atom stereocenters. The summed E-state index contributed by atoms with van der Waals surface area (Å²) in [5, 5.41) is 12.8. The van der Waals surface area contributed by atoms with Gasteiger partial charge in [0.2, 0.25) is 0 Å². The Hall–Kier alpha value is -4.11. The largest absolute Gasteiger partial charge is 0.503 e. The van der Waals surface area contributed by atoms with Crippen LogP contribution >= 0.6 is 0 Å². The minimum Gasteiger partial charge on any atom is -0.503 e. The summed E-state index contributed by atoms with van der Waals surface area (Å²) in [4.78, 5) is 29.9. The molecule has 0 spiro atoms. The molecule has 232 valence electrons. The zero-order valence-electron chi connectivity index (χ0n) is 26.2. The van der Waals surface area contributed by atoms with Gasteiger partial charge in [0.05, 0.1) is 19.8 Å². The van der Waals surface area contributed by atoms with E-state index < -0.39 is 35.4 Å². The summed E-state index contributed by atoms with van der Waals surface area (Å²) >= 11 is 0. The summed E-state index contributed by atoms with van der Waals surface area (Å²) in [6.45, 7) is 10.0. The second-order valence-electron chi connectivity index (χ2n) is 11.1. The highest BCUT2D eigenvalue weighted by molar-refractivity contribution is 5.97. The van der Waals surface area contributed by atoms with Crippen molar-refractivity contribution < 1.29 is 33.6 Å². The monoisotopic (exact) mass is 592 g/mol. The number of methoxy groups -OCH3 is 2. The zero-order chi connectivity index (χ0) is 31.6. The third-order valence-electron chi connectivity index (χ3n) is 7.50. The van der Waals surface area contributed by atoms with E-state index in [2.05, 4.69) is 28.5 Å². The van der Waals surface area contributed by atoms with Gasteiger partial charge in [0.15, 0.2) is 17.2 Å². The molecule has 0 saturated carbocycles. The molecule has 0 aliphatic carbocycles. The first-order valence-electron chi connectivity index (χ1n) is 14.6. The second kappa shape index (κ2) is 15.4. The molecule has 9 nitrogen and oxygen atoms in total. The Bertz CT molecular complexity index is 1360. The fraction of sp³-hybridized carbons (Fsp3) is 0.441. The molecular formula is C34H44N2O7. The molecule has 43 heavy (non-hydrogen) atoms. The fourth-order valence-electron chi connectivity index (χ4n) is 5.07. The van der Waals surface area contributed by atoms with Crippen molar-refractivity contribution in [3.63, 3.8) is 0 Å². The number of nitrogens with one attached hydrogen (secondary N) is 1. The van der Waals surface area contributed by atoms with Crippen LogP contribution in [0.15, 0.2) is 60.8 Å². The quantitative estimate of drug-likeness (QED) is 0.222. The number of pyridine rings is 1. The van der Waals surface area contributed by atoms with Crippen LogP contribution in [0.1, 0.15) is 68.2 Å². The van der Waals surface area contributed by atoms with Gasteiger partial charge in [-0.3, -0.25) is 4.79 Å². The number of esters is 1. The van der Waals surface area contributed by atoms with E-state index in [9.17, 15) is 14.7 Å². The van der Waals surface area contributed by atoms with Crippen LogP contribution in [0.2, 0.25) is 0 Å². The van der Waals surface area contributed by atoms with Crippen molar-refractivity contribution in [2.45, 2.75) is 71.6 Å². The van der Waals surface area contributed by atoms with Crippen LogP contribution in [0.4, 0.5) is 0 Å². The van der Waals surface area contributed by atoms with E-state index in [4.69, 9.17) is 18.9 Å². The topological polar surface area (TPSA) is 116 Å². The second-order valence-corrected chi connectivity index (χ2v) is 11.1. The lowest BCUT2D eigenvalue weighted by molar-refractivity contribution is -0.161. The Balaban J connectivity index is 1.79. The van der Waals surface area contributed by atoms with Crippen molar-refractivity contribution in [3.05, 3.63) is 83.2 Å². The van der Waals surface area contributed by atoms with Crippen molar-refractivity contribution in [1.82, 2.24) is 10.3 Å². The minimum atomic E-state index is -0.999. The maximum absolute atomic E-state index is 13.2. The maximum Gasteiger partial charge on any atom is 0.328 e. The van der Waals surface area contributed by atoms with E-state index in [1.54, 1.807) is 7.11 Å². The number of carbonyl (C=O) groups is 2. The summed E-state index contributed by atoms with van der Waals surface area (Å²) in [6.07, 6.45) is 2.94. The molecule has 3 aromatic rings. The molecule has 1 aromatic heterocycles. The lowest BCUT2D eigenvalue weighted by Gasteiger charge is -2.38. The lowest BCUT2D eigenvalue weighted by atomic mass is 9.81. The number of carbonyl (C=O) groups excluding carboxylic acids is 2. The van der Waals surface area contributed by atoms with E-state index in [1.165, 1.54) is 31.9 Å². The van der Waals surface area contributed by atoms with E-state index in [1.807, 2.05) is 58.0 Å². The van der Waals surface area contributed by atoms with Crippen molar-refractivity contribution in [1.29, 1.82) is 0 Å². The molecule has 2 N–H and O–H groups in total. The molecule has 3 rings (SSSR count). The van der Waals surface area contributed by atoms with Gasteiger partial charge in [-0.25, -0.2) is 9.78 Å². The number of hydrogen-bond donors (Lipinski definition) is 2. The van der Waals surface area contributed by atoms with Crippen LogP contribution in [-0.2, 0) is 27.1 Å².